The summed E-state index contributed by atoms with van der Waals surface area (Å²) in [5, 5.41) is 0.455. The summed E-state index contributed by atoms with van der Waals surface area (Å²) in [6.45, 7) is 0.623. The minimum atomic E-state index is -2.83. The highest BCUT2D eigenvalue weighted by atomic mass is 35.5. The molecule has 0 aliphatic rings. The van der Waals surface area contributed by atoms with Gasteiger partial charge in [-0.15, -0.1) is 0 Å². The van der Waals surface area contributed by atoms with Crippen molar-refractivity contribution >= 4 is 17.7 Å². The fourth-order valence-corrected chi connectivity index (χ4v) is 1.06. The van der Waals surface area contributed by atoms with Gasteiger partial charge in [-0.05, 0) is 18.2 Å². The molecule has 0 aromatic heterocycles. The molecule has 0 atom stereocenters. The maximum atomic E-state index is 11.8. The van der Waals surface area contributed by atoms with Crippen LogP contribution in [0.15, 0.2) is 24.8 Å². The molecule has 0 unspecified atom stereocenters. The van der Waals surface area contributed by atoms with E-state index in [0.29, 0.717) is 10.6 Å². The third-order valence-electron chi connectivity index (χ3n) is 1.41. The van der Waals surface area contributed by atoms with Gasteiger partial charge >= 0.3 is 6.61 Å². The van der Waals surface area contributed by atoms with Crippen LogP contribution in [0.5, 0.6) is 5.75 Å². The third kappa shape index (κ3) is 2.70. The Morgan fingerprint density at radius 2 is 2.15 bits per heavy atom. The molecule has 0 bridgehead atoms. The maximum absolute atomic E-state index is 11.8. The van der Waals surface area contributed by atoms with E-state index in [1.807, 2.05) is 0 Å². The molecule has 0 fully saturated rings. The number of benzene rings is 1. The number of hydrogen-bond donors (Lipinski definition) is 0. The van der Waals surface area contributed by atoms with Crippen LogP contribution in [-0.4, -0.2) is 6.61 Å². The molecule has 0 heterocycles. The summed E-state index contributed by atoms with van der Waals surface area (Å²) in [7, 11) is 0. The molecule has 0 amide bonds. The molecule has 4 heteroatoms. The summed E-state index contributed by atoms with van der Waals surface area (Å²) in [6, 6.07) is 4.37. The van der Waals surface area contributed by atoms with Gasteiger partial charge in [-0.25, -0.2) is 0 Å². The van der Waals surface area contributed by atoms with Crippen LogP contribution < -0.4 is 4.74 Å². The van der Waals surface area contributed by atoms with E-state index in [2.05, 4.69) is 11.3 Å². The summed E-state index contributed by atoms with van der Waals surface area (Å²) in [6.07, 6.45) is 1.41. The molecular formula is C9H7ClF2O. The predicted molar refractivity (Wildman–Crippen MR) is 48.2 cm³/mol. The summed E-state index contributed by atoms with van der Waals surface area (Å²) >= 11 is 5.64. The van der Waals surface area contributed by atoms with Crippen molar-refractivity contribution in [3.8, 4) is 5.75 Å². The van der Waals surface area contributed by atoms with Crippen molar-refractivity contribution in [3.63, 3.8) is 0 Å². The van der Waals surface area contributed by atoms with E-state index in [4.69, 9.17) is 11.6 Å². The maximum Gasteiger partial charge on any atom is 0.387 e. The van der Waals surface area contributed by atoms with Crippen molar-refractivity contribution in [3.05, 3.63) is 35.4 Å². The Hall–Kier alpha value is -1.09. The molecule has 0 saturated heterocycles. The molecule has 1 aromatic carbocycles. The minimum absolute atomic E-state index is 0.0781. The zero-order chi connectivity index (χ0) is 9.84. The van der Waals surface area contributed by atoms with E-state index in [0.717, 1.165) is 0 Å². The number of halogens is 3. The van der Waals surface area contributed by atoms with Gasteiger partial charge in [0.2, 0.25) is 0 Å². The summed E-state index contributed by atoms with van der Waals surface area (Å²) in [5.74, 6) is 0.0781. The van der Waals surface area contributed by atoms with E-state index < -0.39 is 6.61 Å². The number of alkyl halides is 2. The first-order valence-corrected chi connectivity index (χ1v) is 3.88. The van der Waals surface area contributed by atoms with Crippen LogP contribution in [0.2, 0.25) is 5.02 Å². The highest BCUT2D eigenvalue weighted by Crippen LogP contribution is 2.25. The van der Waals surface area contributed by atoms with Crippen molar-refractivity contribution in [2.45, 2.75) is 6.61 Å². The minimum Gasteiger partial charge on any atom is -0.434 e. The van der Waals surface area contributed by atoms with Crippen LogP contribution in [0.4, 0.5) is 8.78 Å². The molecule has 0 saturated carbocycles. The van der Waals surface area contributed by atoms with Crippen molar-refractivity contribution in [2.24, 2.45) is 0 Å². The lowest BCUT2D eigenvalue weighted by Gasteiger charge is -2.07. The summed E-state index contributed by atoms with van der Waals surface area (Å²) in [4.78, 5) is 0. The van der Waals surface area contributed by atoms with Crippen molar-refractivity contribution < 1.29 is 13.5 Å². The molecule has 0 radical (unpaired) electrons. The van der Waals surface area contributed by atoms with Crippen LogP contribution in [0.25, 0.3) is 6.08 Å². The van der Waals surface area contributed by atoms with E-state index in [-0.39, 0.29) is 5.75 Å². The zero-order valence-electron chi connectivity index (χ0n) is 6.64. The van der Waals surface area contributed by atoms with E-state index in [1.165, 1.54) is 24.3 Å². The number of rotatable bonds is 3. The van der Waals surface area contributed by atoms with Crippen LogP contribution in [0.3, 0.4) is 0 Å². The van der Waals surface area contributed by atoms with Gasteiger partial charge in [-0.3, -0.25) is 0 Å². The van der Waals surface area contributed by atoms with Gasteiger partial charge < -0.3 is 4.74 Å². The Morgan fingerprint density at radius 3 is 2.69 bits per heavy atom. The van der Waals surface area contributed by atoms with Crippen molar-refractivity contribution in [2.75, 3.05) is 0 Å². The standard InChI is InChI=1S/C9H7ClF2O/c1-2-6-5-7(10)3-4-8(6)13-9(11)12/h2-5,9H,1H2. The molecule has 1 rings (SSSR count). The molecule has 70 valence electrons. The van der Waals surface area contributed by atoms with Crippen molar-refractivity contribution in [1.82, 2.24) is 0 Å². The van der Waals surface area contributed by atoms with E-state index in [1.54, 1.807) is 0 Å². The molecule has 0 spiro atoms. The van der Waals surface area contributed by atoms with Crippen LogP contribution in [-0.2, 0) is 0 Å². The van der Waals surface area contributed by atoms with Crippen LogP contribution in [0.1, 0.15) is 5.56 Å². The van der Waals surface area contributed by atoms with Crippen LogP contribution in [0, 0.1) is 0 Å². The first kappa shape index (κ1) is 9.99. The van der Waals surface area contributed by atoms with Gasteiger partial charge in [-0.2, -0.15) is 8.78 Å². The molecular weight excluding hydrogens is 198 g/mol. The lowest BCUT2D eigenvalue weighted by atomic mass is 10.2. The lowest BCUT2D eigenvalue weighted by molar-refractivity contribution is -0.0499. The Morgan fingerprint density at radius 1 is 1.46 bits per heavy atom. The van der Waals surface area contributed by atoms with Gasteiger partial charge in [0.05, 0.1) is 0 Å². The SMILES string of the molecule is C=Cc1cc(Cl)ccc1OC(F)F. The van der Waals surface area contributed by atoms with Gasteiger partial charge in [-0.1, -0.05) is 24.3 Å². The van der Waals surface area contributed by atoms with E-state index in [9.17, 15) is 8.78 Å². The van der Waals surface area contributed by atoms with Crippen LogP contribution >= 0.6 is 11.6 Å². The Bertz CT molecular complexity index is 312. The monoisotopic (exact) mass is 204 g/mol. The third-order valence-corrected chi connectivity index (χ3v) is 1.64. The van der Waals surface area contributed by atoms with Gasteiger partial charge in [0.1, 0.15) is 5.75 Å². The van der Waals surface area contributed by atoms with E-state index >= 15 is 0 Å². The number of hydrogen-bond acceptors (Lipinski definition) is 1. The molecule has 0 aliphatic carbocycles. The fourth-order valence-electron chi connectivity index (χ4n) is 0.882. The first-order valence-electron chi connectivity index (χ1n) is 3.50. The summed E-state index contributed by atoms with van der Waals surface area (Å²) in [5.41, 5.74) is 0.452. The van der Waals surface area contributed by atoms with Gasteiger partial charge in [0.15, 0.2) is 0 Å². The molecule has 1 aromatic rings. The Labute approximate surface area is 79.6 Å². The Kier molecular flexibility index (Phi) is 3.25. The highest BCUT2D eigenvalue weighted by molar-refractivity contribution is 6.30. The number of ether oxygens (including phenoxy) is 1. The predicted octanol–water partition coefficient (Wildman–Crippen LogP) is 3.58. The molecule has 0 N–H and O–H groups in total. The summed E-state index contributed by atoms with van der Waals surface area (Å²) < 4.78 is 27.9. The largest absolute Gasteiger partial charge is 0.434 e. The molecule has 13 heavy (non-hydrogen) atoms. The first-order chi connectivity index (χ1) is 6.13. The van der Waals surface area contributed by atoms with Crippen molar-refractivity contribution in [1.29, 1.82) is 0 Å². The lowest BCUT2D eigenvalue weighted by Crippen LogP contribution is -2.02. The highest BCUT2D eigenvalue weighted by Gasteiger charge is 2.07. The normalized spacial score (nSPS) is 10.2. The second-order valence-corrected chi connectivity index (χ2v) is 2.70. The van der Waals surface area contributed by atoms with Gasteiger partial charge in [0, 0.05) is 10.6 Å². The topological polar surface area (TPSA) is 9.23 Å². The zero-order valence-corrected chi connectivity index (χ0v) is 7.39. The quantitative estimate of drug-likeness (QED) is 0.731. The molecule has 1 nitrogen and oxygen atoms in total. The molecule has 0 aliphatic heterocycles. The average Bonchev–Trinajstić information content (AvgIpc) is 2.07. The second-order valence-electron chi connectivity index (χ2n) is 2.26. The smallest absolute Gasteiger partial charge is 0.387 e. The Balaban J connectivity index is 2.99. The second kappa shape index (κ2) is 4.23. The fraction of sp³-hybridized carbons (Fsp3) is 0.111. The van der Waals surface area contributed by atoms with Gasteiger partial charge in [0.25, 0.3) is 0 Å². The average molecular weight is 205 g/mol.